The van der Waals surface area contributed by atoms with Crippen molar-refractivity contribution in [3.05, 3.63) is 42.2 Å². The lowest BCUT2D eigenvalue weighted by Gasteiger charge is -2.23. The highest BCUT2D eigenvalue weighted by Gasteiger charge is 2.28. The molecule has 7 heteroatoms. The SMILES string of the molecule is COc1cccc(S(=O)(=O)CCN2CCC[C@@H]2c2cnn(C)c2)c1. The third-order valence-electron chi connectivity index (χ3n) is 4.52. The van der Waals surface area contributed by atoms with Crippen LogP contribution < -0.4 is 4.74 Å². The monoisotopic (exact) mass is 349 g/mol. The van der Waals surface area contributed by atoms with E-state index < -0.39 is 9.84 Å². The van der Waals surface area contributed by atoms with Gasteiger partial charge in [0.05, 0.1) is 24.0 Å². The van der Waals surface area contributed by atoms with Gasteiger partial charge < -0.3 is 4.74 Å². The van der Waals surface area contributed by atoms with Crippen molar-refractivity contribution in [2.45, 2.75) is 23.8 Å². The second-order valence-electron chi connectivity index (χ2n) is 6.14. The molecule has 0 N–H and O–H groups in total. The lowest BCUT2D eigenvalue weighted by atomic mass is 10.1. The van der Waals surface area contributed by atoms with Crippen LogP contribution in [-0.2, 0) is 16.9 Å². The Morgan fingerprint density at radius 1 is 1.38 bits per heavy atom. The quantitative estimate of drug-likeness (QED) is 0.798. The zero-order chi connectivity index (χ0) is 17.2. The second-order valence-corrected chi connectivity index (χ2v) is 8.25. The summed E-state index contributed by atoms with van der Waals surface area (Å²) in [5.41, 5.74) is 1.16. The van der Waals surface area contributed by atoms with Crippen molar-refractivity contribution in [3.63, 3.8) is 0 Å². The van der Waals surface area contributed by atoms with Gasteiger partial charge in [0.2, 0.25) is 0 Å². The van der Waals surface area contributed by atoms with E-state index in [1.54, 1.807) is 28.9 Å². The number of likely N-dealkylation sites (tertiary alicyclic amines) is 1. The first kappa shape index (κ1) is 17.0. The Labute approximate surface area is 143 Å². The molecule has 3 rings (SSSR count). The first-order valence-electron chi connectivity index (χ1n) is 8.09. The average Bonchev–Trinajstić information content (AvgIpc) is 3.21. The van der Waals surface area contributed by atoms with Crippen LogP contribution in [0.1, 0.15) is 24.4 Å². The molecule has 24 heavy (non-hydrogen) atoms. The van der Waals surface area contributed by atoms with E-state index in [-0.39, 0.29) is 11.8 Å². The van der Waals surface area contributed by atoms with Crippen molar-refractivity contribution >= 4 is 9.84 Å². The van der Waals surface area contributed by atoms with Crippen LogP contribution in [0, 0.1) is 0 Å². The van der Waals surface area contributed by atoms with Crippen LogP contribution in [0.25, 0.3) is 0 Å². The molecule has 0 saturated carbocycles. The molecule has 1 fully saturated rings. The van der Waals surface area contributed by atoms with Crippen LogP contribution in [0.3, 0.4) is 0 Å². The van der Waals surface area contributed by atoms with Crippen LogP contribution in [-0.4, -0.2) is 49.1 Å². The maximum Gasteiger partial charge on any atom is 0.179 e. The molecule has 1 aromatic carbocycles. The summed E-state index contributed by atoms with van der Waals surface area (Å²) in [6.45, 7) is 1.45. The molecule has 1 saturated heterocycles. The molecule has 0 bridgehead atoms. The highest BCUT2D eigenvalue weighted by atomic mass is 32.2. The highest BCUT2D eigenvalue weighted by molar-refractivity contribution is 7.91. The zero-order valence-electron chi connectivity index (χ0n) is 14.1. The Bertz CT molecular complexity index is 801. The maximum atomic E-state index is 12.6. The van der Waals surface area contributed by atoms with Gasteiger partial charge in [-0.05, 0) is 37.6 Å². The Morgan fingerprint density at radius 2 is 2.21 bits per heavy atom. The molecule has 1 aliphatic heterocycles. The van der Waals surface area contributed by atoms with Crippen LogP contribution in [0.4, 0.5) is 0 Å². The second kappa shape index (κ2) is 6.94. The Morgan fingerprint density at radius 3 is 2.92 bits per heavy atom. The van der Waals surface area contributed by atoms with Crippen molar-refractivity contribution in [2.75, 3.05) is 26.0 Å². The fourth-order valence-electron chi connectivity index (χ4n) is 3.23. The summed E-state index contributed by atoms with van der Waals surface area (Å²) in [4.78, 5) is 2.56. The van der Waals surface area contributed by atoms with Crippen molar-refractivity contribution in [2.24, 2.45) is 7.05 Å². The number of nitrogens with zero attached hydrogens (tertiary/aromatic N) is 3. The summed E-state index contributed by atoms with van der Waals surface area (Å²) in [5, 5.41) is 4.23. The van der Waals surface area contributed by atoms with E-state index >= 15 is 0 Å². The molecule has 0 unspecified atom stereocenters. The number of benzene rings is 1. The standard InChI is InChI=1S/C17H23N3O3S/c1-19-13-14(12-18-19)17-7-4-8-20(17)9-10-24(21,22)16-6-3-5-15(11-16)23-2/h3,5-6,11-13,17H,4,7-10H2,1-2H3/t17-/m1/s1. The van der Waals surface area contributed by atoms with E-state index in [9.17, 15) is 8.42 Å². The predicted octanol–water partition coefficient (Wildman–Crippen LogP) is 2.04. The van der Waals surface area contributed by atoms with Crippen molar-refractivity contribution in [3.8, 4) is 5.75 Å². The van der Waals surface area contributed by atoms with Crippen LogP contribution >= 0.6 is 0 Å². The molecule has 130 valence electrons. The van der Waals surface area contributed by atoms with Crippen molar-refractivity contribution in [1.82, 2.24) is 14.7 Å². The first-order chi connectivity index (χ1) is 11.5. The minimum absolute atomic E-state index is 0.108. The third-order valence-corrected chi connectivity index (χ3v) is 6.21. The number of aromatic nitrogens is 2. The lowest BCUT2D eigenvalue weighted by Crippen LogP contribution is -2.29. The molecule has 2 aromatic rings. The van der Waals surface area contributed by atoms with Gasteiger partial charge in [-0.1, -0.05) is 6.07 Å². The van der Waals surface area contributed by atoms with Gasteiger partial charge in [0.1, 0.15) is 5.75 Å². The van der Waals surface area contributed by atoms with Gasteiger partial charge in [-0.3, -0.25) is 9.58 Å². The van der Waals surface area contributed by atoms with Crippen LogP contribution in [0.15, 0.2) is 41.6 Å². The normalized spacial score (nSPS) is 18.8. The summed E-state index contributed by atoms with van der Waals surface area (Å²) in [7, 11) is 0.112. The van der Waals surface area contributed by atoms with Gasteiger partial charge in [0, 0.05) is 31.4 Å². The number of hydrogen-bond acceptors (Lipinski definition) is 5. The molecular formula is C17H23N3O3S. The third kappa shape index (κ3) is 3.62. The van der Waals surface area contributed by atoms with E-state index in [1.165, 1.54) is 7.11 Å². The number of hydrogen-bond donors (Lipinski definition) is 0. The van der Waals surface area contributed by atoms with Crippen molar-refractivity contribution < 1.29 is 13.2 Å². The lowest BCUT2D eigenvalue weighted by molar-refractivity contribution is 0.272. The topological polar surface area (TPSA) is 64.4 Å². The van der Waals surface area contributed by atoms with Gasteiger partial charge in [-0.2, -0.15) is 5.10 Å². The van der Waals surface area contributed by atoms with Crippen LogP contribution in [0.5, 0.6) is 5.75 Å². The molecule has 1 atom stereocenters. The molecule has 1 aromatic heterocycles. The number of aryl methyl sites for hydroxylation is 1. The summed E-state index contributed by atoms with van der Waals surface area (Å²) in [6.07, 6.45) is 6.02. The number of methoxy groups -OCH3 is 1. The Hall–Kier alpha value is -1.86. The summed E-state index contributed by atoms with van der Waals surface area (Å²) >= 11 is 0. The minimum Gasteiger partial charge on any atom is -0.497 e. The Kier molecular flexibility index (Phi) is 4.91. The molecule has 2 heterocycles. The molecule has 0 radical (unpaired) electrons. The van der Waals surface area contributed by atoms with E-state index in [1.807, 2.05) is 19.4 Å². The average molecular weight is 349 g/mol. The van der Waals surface area contributed by atoms with Gasteiger partial charge in [-0.25, -0.2) is 8.42 Å². The maximum absolute atomic E-state index is 12.6. The summed E-state index contributed by atoms with van der Waals surface area (Å²) in [5.74, 6) is 0.669. The molecule has 1 aliphatic rings. The van der Waals surface area contributed by atoms with Gasteiger partial charge in [-0.15, -0.1) is 0 Å². The predicted molar refractivity (Wildman–Crippen MR) is 91.8 cm³/mol. The largest absolute Gasteiger partial charge is 0.497 e. The van der Waals surface area contributed by atoms with Crippen molar-refractivity contribution in [1.29, 1.82) is 0 Å². The van der Waals surface area contributed by atoms with Gasteiger partial charge in [0.25, 0.3) is 0 Å². The van der Waals surface area contributed by atoms with Crippen LogP contribution in [0.2, 0.25) is 0 Å². The summed E-state index contributed by atoms with van der Waals surface area (Å²) < 4.78 is 32.1. The molecule has 6 nitrogen and oxygen atoms in total. The van der Waals surface area contributed by atoms with E-state index in [4.69, 9.17) is 4.74 Å². The number of rotatable bonds is 6. The van der Waals surface area contributed by atoms with Gasteiger partial charge >= 0.3 is 0 Å². The molecule has 0 aliphatic carbocycles. The molecule has 0 spiro atoms. The Balaban J connectivity index is 1.69. The van der Waals surface area contributed by atoms with Gasteiger partial charge in [0.15, 0.2) is 9.84 Å². The summed E-state index contributed by atoms with van der Waals surface area (Å²) in [6, 6.07) is 6.93. The molecular weight excluding hydrogens is 326 g/mol. The zero-order valence-corrected chi connectivity index (χ0v) is 14.9. The number of sulfone groups is 1. The fraction of sp³-hybridized carbons (Fsp3) is 0.471. The van der Waals surface area contributed by atoms with E-state index in [0.717, 1.165) is 24.9 Å². The molecule has 0 amide bonds. The smallest absolute Gasteiger partial charge is 0.179 e. The minimum atomic E-state index is -3.32. The number of ether oxygens (including phenoxy) is 1. The van der Waals surface area contributed by atoms with E-state index in [0.29, 0.717) is 17.2 Å². The highest BCUT2D eigenvalue weighted by Crippen LogP contribution is 2.31. The fourth-order valence-corrected chi connectivity index (χ4v) is 4.53. The van der Waals surface area contributed by atoms with E-state index in [2.05, 4.69) is 10.00 Å². The first-order valence-corrected chi connectivity index (χ1v) is 9.74.